The van der Waals surface area contributed by atoms with E-state index in [0.29, 0.717) is 0 Å². The Bertz CT molecular complexity index is 245. The molecule has 19 heavy (non-hydrogen) atoms. The lowest BCUT2D eigenvalue weighted by atomic mass is 10.0. The molecule has 0 saturated heterocycles. The normalized spacial score (nSPS) is 26.2. The van der Waals surface area contributed by atoms with Gasteiger partial charge in [-0.1, -0.05) is 51.4 Å². The van der Waals surface area contributed by atoms with Gasteiger partial charge in [0.05, 0.1) is 0 Å². The molecule has 2 fully saturated rings. The van der Waals surface area contributed by atoms with Crippen LogP contribution >= 0.6 is 0 Å². The standard InChI is InChI=1S/C16H32O2Si/c1-17-19(2,18-13-15-9-7-8-10-15)14-16-11-5-3-4-6-12-16/h15-16H,3-14H2,1-2H3. The third-order valence-electron chi connectivity index (χ3n) is 5.17. The molecule has 0 heterocycles. The molecule has 0 aromatic carbocycles. The van der Waals surface area contributed by atoms with Gasteiger partial charge >= 0.3 is 8.56 Å². The highest BCUT2D eigenvalue weighted by atomic mass is 28.4. The van der Waals surface area contributed by atoms with Gasteiger partial charge in [-0.15, -0.1) is 0 Å². The van der Waals surface area contributed by atoms with E-state index in [4.69, 9.17) is 8.85 Å². The molecule has 0 N–H and O–H groups in total. The Hall–Kier alpha value is 0.137. The molecule has 112 valence electrons. The second-order valence-electron chi connectivity index (χ2n) is 6.86. The van der Waals surface area contributed by atoms with Crippen molar-refractivity contribution in [3.05, 3.63) is 0 Å². The second-order valence-corrected chi connectivity index (χ2v) is 10.2. The summed E-state index contributed by atoms with van der Waals surface area (Å²) < 4.78 is 12.2. The quantitative estimate of drug-likeness (QED) is 0.511. The van der Waals surface area contributed by atoms with Gasteiger partial charge in [0.2, 0.25) is 0 Å². The van der Waals surface area contributed by atoms with Crippen LogP contribution in [-0.4, -0.2) is 22.3 Å². The van der Waals surface area contributed by atoms with E-state index in [2.05, 4.69) is 6.55 Å². The summed E-state index contributed by atoms with van der Waals surface area (Å²) in [6.45, 7) is 3.25. The van der Waals surface area contributed by atoms with Crippen molar-refractivity contribution in [3.8, 4) is 0 Å². The second kappa shape index (κ2) is 7.80. The summed E-state index contributed by atoms with van der Waals surface area (Å²) >= 11 is 0. The Morgan fingerprint density at radius 3 is 1.95 bits per heavy atom. The zero-order valence-electron chi connectivity index (χ0n) is 13.0. The van der Waals surface area contributed by atoms with Crippen molar-refractivity contribution in [2.45, 2.75) is 76.8 Å². The van der Waals surface area contributed by atoms with Gasteiger partial charge in [0.15, 0.2) is 0 Å². The molecule has 0 aliphatic heterocycles. The minimum atomic E-state index is -1.90. The van der Waals surface area contributed by atoms with Crippen molar-refractivity contribution in [2.75, 3.05) is 13.7 Å². The highest BCUT2D eigenvalue weighted by Crippen LogP contribution is 2.32. The lowest BCUT2D eigenvalue weighted by Gasteiger charge is -2.30. The van der Waals surface area contributed by atoms with E-state index in [9.17, 15) is 0 Å². The minimum absolute atomic E-state index is 0.816. The number of hydrogen-bond acceptors (Lipinski definition) is 2. The van der Waals surface area contributed by atoms with Gasteiger partial charge in [-0.05, 0) is 37.3 Å². The van der Waals surface area contributed by atoms with Crippen molar-refractivity contribution in [2.24, 2.45) is 11.8 Å². The predicted octanol–water partition coefficient (Wildman–Crippen LogP) is 4.88. The molecule has 0 aromatic heterocycles. The van der Waals surface area contributed by atoms with Crippen LogP contribution in [0.3, 0.4) is 0 Å². The van der Waals surface area contributed by atoms with Crippen LogP contribution in [0, 0.1) is 11.8 Å². The lowest BCUT2D eigenvalue weighted by Crippen LogP contribution is -2.40. The van der Waals surface area contributed by atoms with Crippen LogP contribution in [0.2, 0.25) is 12.6 Å². The predicted molar refractivity (Wildman–Crippen MR) is 82.5 cm³/mol. The zero-order chi connectivity index (χ0) is 13.6. The van der Waals surface area contributed by atoms with Crippen molar-refractivity contribution >= 4 is 8.56 Å². The van der Waals surface area contributed by atoms with Crippen LogP contribution < -0.4 is 0 Å². The molecular weight excluding hydrogens is 252 g/mol. The monoisotopic (exact) mass is 284 g/mol. The molecule has 0 amide bonds. The maximum Gasteiger partial charge on any atom is 0.334 e. The minimum Gasteiger partial charge on any atom is -0.398 e. The Labute approximate surface area is 120 Å². The molecule has 2 nitrogen and oxygen atoms in total. The van der Waals surface area contributed by atoms with E-state index >= 15 is 0 Å². The first-order chi connectivity index (χ1) is 9.22. The van der Waals surface area contributed by atoms with Gasteiger partial charge in [0, 0.05) is 13.7 Å². The highest BCUT2D eigenvalue weighted by Gasteiger charge is 2.34. The smallest absolute Gasteiger partial charge is 0.334 e. The van der Waals surface area contributed by atoms with Crippen LogP contribution in [-0.2, 0) is 8.85 Å². The Morgan fingerprint density at radius 2 is 1.37 bits per heavy atom. The molecule has 0 bridgehead atoms. The van der Waals surface area contributed by atoms with Crippen LogP contribution in [0.25, 0.3) is 0 Å². The maximum absolute atomic E-state index is 6.32. The first-order valence-corrected chi connectivity index (χ1v) is 10.9. The summed E-state index contributed by atoms with van der Waals surface area (Å²) in [7, 11) is -0.0281. The van der Waals surface area contributed by atoms with Crippen molar-refractivity contribution in [1.29, 1.82) is 0 Å². The molecular formula is C16H32O2Si. The average Bonchev–Trinajstić information content (AvgIpc) is 2.82. The first kappa shape index (κ1) is 15.5. The lowest BCUT2D eigenvalue weighted by molar-refractivity contribution is 0.166. The maximum atomic E-state index is 6.32. The Balaban J connectivity index is 1.77. The van der Waals surface area contributed by atoms with Crippen LogP contribution in [0.15, 0.2) is 0 Å². The number of hydrogen-bond donors (Lipinski definition) is 0. The Kier molecular flexibility index (Phi) is 6.37. The molecule has 2 rings (SSSR count). The van der Waals surface area contributed by atoms with E-state index in [1.165, 1.54) is 70.3 Å². The summed E-state index contributed by atoms with van der Waals surface area (Å²) in [5.74, 6) is 1.68. The first-order valence-electron chi connectivity index (χ1n) is 8.41. The van der Waals surface area contributed by atoms with E-state index in [1.54, 1.807) is 0 Å². The molecule has 1 unspecified atom stereocenters. The van der Waals surface area contributed by atoms with E-state index in [1.807, 2.05) is 7.11 Å². The van der Waals surface area contributed by atoms with E-state index in [0.717, 1.165) is 18.4 Å². The Morgan fingerprint density at radius 1 is 0.842 bits per heavy atom. The van der Waals surface area contributed by atoms with E-state index in [-0.39, 0.29) is 0 Å². The zero-order valence-corrected chi connectivity index (χ0v) is 14.0. The summed E-state index contributed by atoms with van der Waals surface area (Å²) in [6, 6.07) is 1.22. The van der Waals surface area contributed by atoms with Crippen LogP contribution in [0.1, 0.15) is 64.2 Å². The molecule has 3 heteroatoms. The summed E-state index contributed by atoms with van der Waals surface area (Å²) in [4.78, 5) is 0. The summed E-state index contributed by atoms with van der Waals surface area (Å²) in [6.07, 6.45) is 14.1. The van der Waals surface area contributed by atoms with Gasteiger partial charge in [-0.3, -0.25) is 0 Å². The molecule has 0 aromatic rings. The van der Waals surface area contributed by atoms with Gasteiger partial charge in [0.1, 0.15) is 0 Å². The van der Waals surface area contributed by atoms with Gasteiger partial charge in [-0.2, -0.15) is 0 Å². The third-order valence-corrected chi connectivity index (χ3v) is 8.12. The van der Waals surface area contributed by atoms with Gasteiger partial charge < -0.3 is 8.85 Å². The van der Waals surface area contributed by atoms with Crippen molar-refractivity contribution < 1.29 is 8.85 Å². The summed E-state index contributed by atoms with van der Waals surface area (Å²) in [5.41, 5.74) is 0. The summed E-state index contributed by atoms with van der Waals surface area (Å²) in [5, 5.41) is 0. The van der Waals surface area contributed by atoms with Crippen LogP contribution in [0.5, 0.6) is 0 Å². The fraction of sp³-hybridized carbons (Fsp3) is 1.00. The fourth-order valence-electron chi connectivity index (χ4n) is 3.76. The highest BCUT2D eigenvalue weighted by molar-refractivity contribution is 6.66. The number of rotatable bonds is 6. The fourth-order valence-corrected chi connectivity index (χ4v) is 6.21. The molecule has 0 radical (unpaired) electrons. The van der Waals surface area contributed by atoms with Gasteiger partial charge in [0.25, 0.3) is 0 Å². The molecule has 1 atom stereocenters. The SMILES string of the molecule is CO[Si](C)(CC1CCCCCC1)OCC1CCCC1. The van der Waals surface area contributed by atoms with Crippen LogP contribution in [0.4, 0.5) is 0 Å². The molecule has 2 aliphatic rings. The van der Waals surface area contributed by atoms with Crippen molar-refractivity contribution in [3.63, 3.8) is 0 Å². The van der Waals surface area contributed by atoms with Crippen molar-refractivity contribution in [1.82, 2.24) is 0 Å². The third kappa shape index (κ3) is 5.20. The molecule has 2 saturated carbocycles. The molecule has 2 aliphatic carbocycles. The van der Waals surface area contributed by atoms with E-state index < -0.39 is 8.56 Å². The topological polar surface area (TPSA) is 18.5 Å². The molecule has 0 spiro atoms. The largest absolute Gasteiger partial charge is 0.398 e. The average molecular weight is 285 g/mol. The van der Waals surface area contributed by atoms with Gasteiger partial charge in [-0.25, -0.2) is 0 Å².